The Morgan fingerprint density at radius 3 is 1.97 bits per heavy atom. The first-order chi connectivity index (χ1) is 17.8. The van der Waals surface area contributed by atoms with Crippen LogP contribution in [0.1, 0.15) is 23.7 Å². The predicted molar refractivity (Wildman–Crippen MR) is 139 cm³/mol. The summed E-state index contributed by atoms with van der Waals surface area (Å²) < 4.78 is 46.6. The first kappa shape index (κ1) is 27.3. The number of piperazine rings is 1. The Morgan fingerprint density at radius 1 is 0.838 bits per heavy atom. The van der Waals surface area contributed by atoms with E-state index in [4.69, 9.17) is 27.9 Å². The summed E-state index contributed by atoms with van der Waals surface area (Å²) in [6.07, 6.45) is 0.524. The van der Waals surface area contributed by atoms with E-state index in [1.54, 1.807) is 0 Å². The van der Waals surface area contributed by atoms with Crippen LogP contribution in [0.4, 0.5) is 23.7 Å². The molecule has 10 heteroatoms. The number of nitrogens with zero attached hydrogens (tertiary/aromatic N) is 2. The second kappa shape index (κ2) is 12.6. The van der Waals surface area contributed by atoms with Crippen LogP contribution in [0.3, 0.4) is 0 Å². The Bertz CT molecular complexity index is 1160. The fourth-order valence-electron chi connectivity index (χ4n) is 4.14. The first-order valence-corrected chi connectivity index (χ1v) is 12.6. The zero-order chi connectivity index (χ0) is 26.4. The number of amides is 2. The Hall–Kier alpha value is -2.78. The van der Waals surface area contributed by atoms with Gasteiger partial charge >= 0.3 is 6.03 Å². The summed E-state index contributed by atoms with van der Waals surface area (Å²) in [5, 5.41) is 3.62. The van der Waals surface area contributed by atoms with E-state index in [1.807, 2.05) is 48.5 Å². The van der Waals surface area contributed by atoms with Crippen LogP contribution in [0.15, 0.2) is 60.7 Å². The van der Waals surface area contributed by atoms with Gasteiger partial charge in [0.05, 0.1) is 5.69 Å². The van der Waals surface area contributed by atoms with E-state index < -0.39 is 23.5 Å². The highest BCUT2D eigenvalue weighted by atomic mass is 35.5. The van der Waals surface area contributed by atoms with Crippen molar-refractivity contribution in [2.24, 2.45) is 0 Å². The zero-order valence-corrected chi connectivity index (χ0v) is 21.4. The number of hydrogen-bond acceptors (Lipinski definition) is 3. The van der Waals surface area contributed by atoms with Crippen molar-refractivity contribution in [2.75, 3.05) is 44.6 Å². The molecular weight excluding hydrogens is 526 g/mol. The molecule has 0 spiro atoms. The van der Waals surface area contributed by atoms with Crippen molar-refractivity contribution in [3.05, 3.63) is 99.3 Å². The quantitative estimate of drug-likeness (QED) is 0.248. The van der Waals surface area contributed by atoms with Crippen LogP contribution < -0.4 is 5.32 Å². The largest absolute Gasteiger partial charge is 0.369 e. The van der Waals surface area contributed by atoms with Crippen molar-refractivity contribution in [3.8, 4) is 0 Å². The van der Waals surface area contributed by atoms with Gasteiger partial charge in [-0.05, 0) is 53.9 Å². The monoisotopic (exact) mass is 551 g/mol. The summed E-state index contributed by atoms with van der Waals surface area (Å²) in [7, 11) is 0. The van der Waals surface area contributed by atoms with E-state index in [0.29, 0.717) is 42.8 Å². The molecular formula is C27H26Cl2F3N3O2. The second-order valence-electron chi connectivity index (χ2n) is 8.69. The molecule has 1 heterocycles. The molecule has 37 heavy (non-hydrogen) atoms. The van der Waals surface area contributed by atoms with Crippen LogP contribution in [0.2, 0.25) is 10.0 Å². The van der Waals surface area contributed by atoms with Crippen LogP contribution in [0.25, 0.3) is 0 Å². The lowest BCUT2D eigenvalue weighted by Crippen LogP contribution is -2.50. The second-order valence-corrected chi connectivity index (χ2v) is 9.56. The fraction of sp³-hybridized carbons (Fsp3) is 0.296. The Kier molecular flexibility index (Phi) is 9.32. The number of carbonyl (C=O) groups is 1. The fourth-order valence-corrected chi connectivity index (χ4v) is 4.39. The molecule has 1 aliphatic rings. The third-order valence-electron chi connectivity index (χ3n) is 6.18. The number of rotatable bonds is 8. The van der Waals surface area contributed by atoms with Gasteiger partial charge in [-0.1, -0.05) is 47.5 Å². The third kappa shape index (κ3) is 7.17. The predicted octanol–water partition coefficient (Wildman–Crippen LogP) is 6.76. The molecule has 3 aromatic carbocycles. The van der Waals surface area contributed by atoms with Crippen LogP contribution in [0.5, 0.6) is 0 Å². The summed E-state index contributed by atoms with van der Waals surface area (Å²) in [6.45, 7) is 3.41. The maximum absolute atomic E-state index is 13.9. The van der Waals surface area contributed by atoms with E-state index in [9.17, 15) is 18.0 Å². The van der Waals surface area contributed by atoms with E-state index in [-0.39, 0.29) is 11.8 Å². The molecule has 3 aromatic rings. The van der Waals surface area contributed by atoms with E-state index in [2.05, 4.69) is 10.2 Å². The van der Waals surface area contributed by atoms with Crippen LogP contribution in [-0.2, 0) is 4.74 Å². The average molecular weight is 552 g/mol. The molecule has 0 atom stereocenters. The zero-order valence-electron chi connectivity index (χ0n) is 19.9. The smallest absolute Gasteiger partial charge is 0.322 e. The van der Waals surface area contributed by atoms with Crippen molar-refractivity contribution in [1.82, 2.24) is 9.80 Å². The minimum absolute atomic E-state index is 0.258. The van der Waals surface area contributed by atoms with Gasteiger partial charge in [0.1, 0.15) is 6.10 Å². The highest BCUT2D eigenvalue weighted by molar-refractivity contribution is 6.30. The van der Waals surface area contributed by atoms with Gasteiger partial charge in [-0.15, -0.1) is 0 Å². The minimum Gasteiger partial charge on any atom is -0.369 e. The molecule has 0 aliphatic carbocycles. The van der Waals surface area contributed by atoms with Gasteiger partial charge in [-0.25, -0.2) is 18.0 Å². The summed E-state index contributed by atoms with van der Waals surface area (Å²) in [6, 6.07) is 16.3. The Labute approximate surface area is 223 Å². The lowest BCUT2D eigenvalue weighted by atomic mass is 10.0. The van der Waals surface area contributed by atoms with Gasteiger partial charge in [0.25, 0.3) is 0 Å². The van der Waals surface area contributed by atoms with Gasteiger partial charge in [0, 0.05) is 49.4 Å². The highest BCUT2D eigenvalue weighted by Crippen LogP contribution is 2.28. The summed E-state index contributed by atoms with van der Waals surface area (Å²) in [4.78, 5) is 16.2. The number of nitrogens with one attached hydrogen (secondary N) is 1. The van der Waals surface area contributed by atoms with Crippen LogP contribution >= 0.6 is 23.2 Å². The van der Waals surface area contributed by atoms with Gasteiger partial charge in [-0.3, -0.25) is 4.90 Å². The number of urea groups is 1. The highest BCUT2D eigenvalue weighted by Gasteiger charge is 2.23. The maximum Gasteiger partial charge on any atom is 0.322 e. The van der Waals surface area contributed by atoms with E-state index >= 15 is 0 Å². The number of carbonyl (C=O) groups excluding carboxylic acids is 1. The van der Waals surface area contributed by atoms with E-state index in [0.717, 1.165) is 36.2 Å². The van der Waals surface area contributed by atoms with Gasteiger partial charge in [0.2, 0.25) is 0 Å². The summed E-state index contributed by atoms with van der Waals surface area (Å²) >= 11 is 12.1. The molecule has 0 unspecified atom stereocenters. The van der Waals surface area contributed by atoms with Gasteiger partial charge in [0.15, 0.2) is 17.5 Å². The van der Waals surface area contributed by atoms with E-state index in [1.165, 1.54) is 4.90 Å². The summed E-state index contributed by atoms with van der Waals surface area (Å²) in [5.74, 6) is -4.33. The van der Waals surface area contributed by atoms with Crippen LogP contribution in [0, 0.1) is 17.5 Å². The molecule has 1 N–H and O–H groups in total. The van der Waals surface area contributed by atoms with Crippen molar-refractivity contribution in [2.45, 2.75) is 12.5 Å². The molecule has 1 fully saturated rings. The number of halogens is 5. The molecule has 1 saturated heterocycles. The Morgan fingerprint density at radius 2 is 1.41 bits per heavy atom. The standard InChI is InChI=1S/C27H26Cl2F3N3O2/c28-20-6-2-18(3-7-20)26(19-4-8-21(29)9-5-19)37-17-1-12-34-13-15-35(16-14-34)27(36)33-23-11-10-22(30)24(31)25(23)32/h2-11,26H,1,12-17H2,(H,33,36). The SMILES string of the molecule is O=C(Nc1ccc(F)c(F)c1F)N1CCN(CCCOC(c2ccc(Cl)cc2)c2ccc(Cl)cc2)CC1. The molecule has 1 aliphatic heterocycles. The summed E-state index contributed by atoms with van der Waals surface area (Å²) in [5.41, 5.74) is 1.59. The molecule has 196 valence electrons. The van der Waals surface area contributed by atoms with Crippen molar-refractivity contribution in [1.29, 1.82) is 0 Å². The molecule has 2 amide bonds. The molecule has 5 nitrogen and oxygen atoms in total. The molecule has 0 saturated carbocycles. The lowest BCUT2D eigenvalue weighted by Gasteiger charge is -2.34. The van der Waals surface area contributed by atoms with Crippen molar-refractivity contribution in [3.63, 3.8) is 0 Å². The van der Waals surface area contributed by atoms with Gasteiger partial charge in [-0.2, -0.15) is 0 Å². The van der Waals surface area contributed by atoms with Crippen molar-refractivity contribution < 1.29 is 22.7 Å². The number of benzene rings is 3. The molecule has 0 bridgehead atoms. The lowest BCUT2D eigenvalue weighted by molar-refractivity contribution is 0.0670. The normalized spacial score (nSPS) is 14.3. The number of hydrogen-bond donors (Lipinski definition) is 1. The topological polar surface area (TPSA) is 44.8 Å². The number of anilines is 1. The number of ether oxygens (including phenoxy) is 1. The average Bonchev–Trinajstić information content (AvgIpc) is 2.91. The maximum atomic E-state index is 13.9. The first-order valence-electron chi connectivity index (χ1n) is 11.9. The minimum atomic E-state index is -1.61. The van der Waals surface area contributed by atoms with Gasteiger partial charge < -0.3 is 15.0 Å². The molecule has 0 aromatic heterocycles. The molecule has 4 rings (SSSR count). The van der Waals surface area contributed by atoms with Crippen LogP contribution in [-0.4, -0.2) is 55.2 Å². The molecule has 0 radical (unpaired) electrons. The third-order valence-corrected chi connectivity index (χ3v) is 6.69. The Balaban J connectivity index is 1.24. The van der Waals surface area contributed by atoms with Crippen molar-refractivity contribution >= 4 is 34.9 Å².